The molecule has 0 spiro atoms. The number of alkyl halides is 1. The van der Waals surface area contributed by atoms with E-state index in [4.69, 9.17) is 28.2 Å². The molecule has 24 heavy (non-hydrogen) atoms. The molecule has 5 heteroatoms. The van der Waals surface area contributed by atoms with Gasteiger partial charge in [-0.2, -0.15) is 0 Å². The van der Waals surface area contributed by atoms with Crippen LogP contribution in [0.25, 0.3) is 22.5 Å². The number of rotatable bonds is 4. The molecule has 0 aliphatic rings. The highest BCUT2D eigenvalue weighted by atomic mass is 79.9. The van der Waals surface area contributed by atoms with Crippen LogP contribution in [0.1, 0.15) is 10.4 Å². The molecule has 0 amide bonds. The van der Waals surface area contributed by atoms with Crippen LogP contribution < -0.4 is 0 Å². The summed E-state index contributed by atoms with van der Waals surface area (Å²) in [5.74, 6) is 0.00262. The Morgan fingerprint density at radius 1 is 0.833 bits per heavy atom. The van der Waals surface area contributed by atoms with Crippen molar-refractivity contribution in [1.82, 2.24) is 4.98 Å². The SMILES string of the molecule is O=C(CBr)c1cc(-c2ccc(Cl)cc2)nc(-c2ccc(Cl)cc2)c1. The topological polar surface area (TPSA) is 30.0 Å². The van der Waals surface area contributed by atoms with Crippen LogP contribution in [0.2, 0.25) is 10.0 Å². The summed E-state index contributed by atoms with van der Waals surface area (Å²) in [6.07, 6.45) is 0. The number of pyridine rings is 1. The third-order valence-electron chi connectivity index (χ3n) is 3.55. The largest absolute Gasteiger partial charge is 0.293 e. The van der Waals surface area contributed by atoms with E-state index in [2.05, 4.69) is 15.9 Å². The Morgan fingerprint density at radius 3 is 1.62 bits per heavy atom. The first kappa shape index (κ1) is 17.2. The fourth-order valence-corrected chi connectivity index (χ4v) is 2.88. The Bertz CT molecular complexity index is 813. The van der Waals surface area contributed by atoms with Gasteiger partial charge in [0.05, 0.1) is 16.7 Å². The van der Waals surface area contributed by atoms with Crippen LogP contribution in [0, 0.1) is 0 Å². The Kier molecular flexibility index (Phi) is 5.34. The van der Waals surface area contributed by atoms with Gasteiger partial charge >= 0.3 is 0 Å². The molecule has 0 saturated carbocycles. The molecule has 2 nitrogen and oxygen atoms in total. The maximum absolute atomic E-state index is 12.2. The minimum Gasteiger partial charge on any atom is -0.293 e. The zero-order valence-corrected chi connectivity index (χ0v) is 15.6. The van der Waals surface area contributed by atoms with E-state index in [9.17, 15) is 4.79 Å². The number of ketones is 1. The van der Waals surface area contributed by atoms with Crippen molar-refractivity contribution >= 4 is 44.9 Å². The van der Waals surface area contributed by atoms with Gasteiger partial charge in [-0.05, 0) is 36.4 Å². The lowest BCUT2D eigenvalue weighted by molar-refractivity contribution is 0.102. The van der Waals surface area contributed by atoms with Crippen molar-refractivity contribution in [2.45, 2.75) is 0 Å². The number of carbonyl (C=O) groups is 1. The zero-order chi connectivity index (χ0) is 17.1. The van der Waals surface area contributed by atoms with E-state index < -0.39 is 0 Å². The van der Waals surface area contributed by atoms with Gasteiger partial charge in [0.1, 0.15) is 0 Å². The molecule has 0 atom stereocenters. The van der Waals surface area contributed by atoms with Crippen LogP contribution >= 0.6 is 39.1 Å². The Labute approximate surface area is 158 Å². The molecule has 3 aromatic rings. The summed E-state index contributed by atoms with van der Waals surface area (Å²) in [7, 11) is 0. The van der Waals surface area contributed by atoms with E-state index >= 15 is 0 Å². The van der Waals surface area contributed by atoms with Gasteiger partial charge in [0.2, 0.25) is 0 Å². The van der Waals surface area contributed by atoms with Crippen molar-refractivity contribution in [2.24, 2.45) is 0 Å². The van der Waals surface area contributed by atoms with E-state index in [1.54, 1.807) is 36.4 Å². The monoisotopic (exact) mass is 419 g/mol. The molecular formula is C19H12BrCl2NO. The van der Waals surface area contributed by atoms with Crippen molar-refractivity contribution in [1.29, 1.82) is 0 Å². The fourth-order valence-electron chi connectivity index (χ4n) is 2.31. The van der Waals surface area contributed by atoms with Gasteiger partial charge in [-0.1, -0.05) is 63.4 Å². The Morgan fingerprint density at radius 2 is 1.25 bits per heavy atom. The molecule has 3 rings (SSSR count). The standard InChI is InChI=1S/C19H12BrCl2NO/c20-11-19(24)14-9-17(12-1-5-15(21)6-2-12)23-18(10-14)13-3-7-16(22)8-4-13/h1-10H,11H2. The van der Waals surface area contributed by atoms with Gasteiger partial charge in [0, 0.05) is 26.7 Å². The van der Waals surface area contributed by atoms with Crippen LogP contribution in [0.5, 0.6) is 0 Å². The molecule has 0 saturated heterocycles. The minimum atomic E-state index is 0.00262. The second-order valence-electron chi connectivity index (χ2n) is 5.20. The number of carbonyl (C=O) groups excluding carboxylic acids is 1. The highest BCUT2D eigenvalue weighted by Crippen LogP contribution is 2.27. The molecule has 0 N–H and O–H groups in total. The molecule has 1 aromatic heterocycles. The molecule has 2 aromatic carbocycles. The molecule has 0 fully saturated rings. The smallest absolute Gasteiger partial charge is 0.173 e. The molecule has 0 aliphatic heterocycles. The van der Waals surface area contributed by atoms with E-state index in [1.807, 2.05) is 24.3 Å². The molecular weight excluding hydrogens is 409 g/mol. The van der Waals surface area contributed by atoms with Gasteiger partial charge in [-0.25, -0.2) is 4.98 Å². The predicted molar refractivity (Wildman–Crippen MR) is 103 cm³/mol. The van der Waals surface area contributed by atoms with Crippen molar-refractivity contribution in [3.8, 4) is 22.5 Å². The maximum atomic E-state index is 12.2. The van der Waals surface area contributed by atoms with Gasteiger partial charge in [-0.3, -0.25) is 4.79 Å². The third kappa shape index (κ3) is 3.86. The molecule has 0 aliphatic carbocycles. The number of hydrogen-bond acceptors (Lipinski definition) is 2. The number of hydrogen-bond donors (Lipinski definition) is 0. The zero-order valence-electron chi connectivity index (χ0n) is 12.5. The Hall–Kier alpha value is -1.68. The van der Waals surface area contributed by atoms with Crippen LogP contribution in [0.15, 0.2) is 60.7 Å². The van der Waals surface area contributed by atoms with Crippen LogP contribution in [0.4, 0.5) is 0 Å². The summed E-state index contributed by atoms with van der Waals surface area (Å²) >= 11 is 15.1. The van der Waals surface area contributed by atoms with Gasteiger partial charge < -0.3 is 0 Å². The third-order valence-corrected chi connectivity index (χ3v) is 4.56. The summed E-state index contributed by atoms with van der Waals surface area (Å²) in [6.45, 7) is 0. The van der Waals surface area contributed by atoms with E-state index in [-0.39, 0.29) is 11.1 Å². The number of Topliss-reactive ketones (excluding diaryl/α,β-unsaturated/α-hetero) is 1. The van der Waals surface area contributed by atoms with Crippen LogP contribution in [-0.4, -0.2) is 16.1 Å². The minimum absolute atomic E-state index is 0.00262. The number of benzene rings is 2. The second kappa shape index (κ2) is 7.47. The first-order valence-electron chi connectivity index (χ1n) is 7.20. The summed E-state index contributed by atoms with van der Waals surface area (Å²) < 4.78 is 0. The van der Waals surface area contributed by atoms with Gasteiger partial charge in [-0.15, -0.1) is 0 Å². The summed E-state index contributed by atoms with van der Waals surface area (Å²) in [4.78, 5) is 16.9. The van der Waals surface area contributed by atoms with Crippen molar-refractivity contribution in [3.63, 3.8) is 0 Å². The molecule has 1 heterocycles. The average molecular weight is 421 g/mol. The van der Waals surface area contributed by atoms with Crippen molar-refractivity contribution < 1.29 is 4.79 Å². The van der Waals surface area contributed by atoms with Crippen molar-refractivity contribution in [3.05, 3.63) is 76.3 Å². The number of aromatic nitrogens is 1. The van der Waals surface area contributed by atoms with Crippen molar-refractivity contribution in [2.75, 3.05) is 5.33 Å². The molecule has 0 radical (unpaired) electrons. The van der Waals surface area contributed by atoms with E-state index in [0.29, 0.717) is 15.6 Å². The Balaban J connectivity index is 2.14. The predicted octanol–water partition coefficient (Wildman–Crippen LogP) is 6.30. The number of nitrogens with zero attached hydrogens (tertiary/aromatic N) is 1. The molecule has 0 bridgehead atoms. The molecule has 120 valence electrons. The maximum Gasteiger partial charge on any atom is 0.173 e. The van der Waals surface area contributed by atoms with Gasteiger partial charge in [0.15, 0.2) is 5.78 Å². The fraction of sp³-hybridized carbons (Fsp3) is 0.0526. The first-order valence-corrected chi connectivity index (χ1v) is 9.07. The lowest BCUT2D eigenvalue weighted by Crippen LogP contribution is -2.02. The van der Waals surface area contributed by atoms with Crippen LogP contribution in [-0.2, 0) is 0 Å². The summed E-state index contributed by atoms with van der Waals surface area (Å²) in [6, 6.07) is 18.4. The lowest BCUT2D eigenvalue weighted by Gasteiger charge is -2.09. The normalized spacial score (nSPS) is 10.6. The summed E-state index contributed by atoms with van der Waals surface area (Å²) in [5, 5.41) is 1.57. The highest BCUT2D eigenvalue weighted by molar-refractivity contribution is 9.09. The van der Waals surface area contributed by atoms with Gasteiger partial charge in [0.25, 0.3) is 0 Å². The lowest BCUT2D eigenvalue weighted by atomic mass is 10.0. The average Bonchev–Trinajstić information content (AvgIpc) is 2.62. The first-order chi connectivity index (χ1) is 11.6. The number of halogens is 3. The highest BCUT2D eigenvalue weighted by Gasteiger charge is 2.11. The second-order valence-corrected chi connectivity index (χ2v) is 6.63. The molecule has 0 unspecified atom stereocenters. The van der Waals surface area contributed by atoms with E-state index in [0.717, 1.165) is 22.5 Å². The van der Waals surface area contributed by atoms with E-state index in [1.165, 1.54) is 0 Å². The quantitative estimate of drug-likeness (QED) is 0.366. The summed E-state index contributed by atoms with van der Waals surface area (Å²) in [5.41, 5.74) is 3.86. The van der Waals surface area contributed by atoms with Crippen LogP contribution in [0.3, 0.4) is 0 Å².